The molecule has 1 fully saturated rings. The predicted molar refractivity (Wildman–Crippen MR) is 123 cm³/mol. The molecule has 10 heteroatoms. The van der Waals surface area contributed by atoms with Crippen molar-refractivity contribution in [3.05, 3.63) is 54.1 Å². The molecule has 0 aromatic heterocycles. The number of hydrogen-bond donors (Lipinski definition) is 2. The van der Waals surface area contributed by atoms with Crippen LogP contribution in [0.25, 0.3) is 0 Å². The van der Waals surface area contributed by atoms with Crippen LogP contribution >= 0.6 is 0 Å². The average Bonchev–Trinajstić information content (AvgIpc) is 3.64. The smallest absolute Gasteiger partial charge is 0.338 e. The molecular formula is C23H27N3O6S. The van der Waals surface area contributed by atoms with Gasteiger partial charge in [0.1, 0.15) is 0 Å². The van der Waals surface area contributed by atoms with E-state index in [9.17, 15) is 22.8 Å². The number of anilines is 2. The van der Waals surface area contributed by atoms with E-state index in [0.29, 0.717) is 18.8 Å². The zero-order valence-electron chi connectivity index (χ0n) is 18.5. The van der Waals surface area contributed by atoms with Gasteiger partial charge in [0.05, 0.1) is 10.5 Å². The molecule has 0 heterocycles. The first-order valence-electron chi connectivity index (χ1n) is 10.7. The molecule has 176 valence electrons. The van der Waals surface area contributed by atoms with E-state index in [0.717, 1.165) is 12.8 Å². The van der Waals surface area contributed by atoms with Crippen LogP contribution in [0.5, 0.6) is 0 Å². The van der Waals surface area contributed by atoms with Gasteiger partial charge >= 0.3 is 5.97 Å². The molecule has 0 atom stereocenters. The molecule has 1 saturated carbocycles. The average molecular weight is 474 g/mol. The third-order valence-corrected chi connectivity index (χ3v) is 7.18. The van der Waals surface area contributed by atoms with E-state index in [1.807, 2.05) is 0 Å². The Kier molecular flexibility index (Phi) is 7.83. The number of sulfonamides is 1. The van der Waals surface area contributed by atoms with E-state index >= 15 is 0 Å². The maximum Gasteiger partial charge on any atom is 0.338 e. The molecule has 0 saturated heterocycles. The quantitative estimate of drug-likeness (QED) is 0.512. The van der Waals surface area contributed by atoms with Crippen molar-refractivity contribution in [1.29, 1.82) is 0 Å². The minimum atomic E-state index is -3.66. The lowest BCUT2D eigenvalue weighted by Gasteiger charge is -2.18. The molecule has 0 radical (unpaired) electrons. The van der Waals surface area contributed by atoms with Crippen LogP contribution in [0.3, 0.4) is 0 Å². The van der Waals surface area contributed by atoms with Crippen LogP contribution in [0.2, 0.25) is 0 Å². The van der Waals surface area contributed by atoms with E-state index in [1.165, 1.54) is 34.6 Å². The Bertz CT molecular complexity index is 1120. The highest BCUT2D eigenvalue weighted by Crippen LogP contribution is 2.30. The maximum absolute atomic E-state index is 12.6. The number of carbonyl (C=O) groups excluding carboxylic acids is 3. The number of benzene rings is 2. The SMILES string of the molecule is CCN(CC)S(=O)(=O)c1cccc(NC(=O)COC(=O)c2ccc(NC(=O)C3CC3)cc2)c1. The zero-order chi connectivity index (χ0) is 24.0. The molecule has 3 rings (SSSR count). The summed E-state index contributed by atoms with van der Waals surface area (Å²) >= 11 is 0. The number of rotatable bonds is 10. The van der Waals surface area contributed by atoms with Gasteiger partial charge in [0.25, 0.3) is 5.91 Å². The van der Waals surface area contributed by atoms with Gasteiger partial charge in [0.2, 0.25) is 15.9 Å². The number of esters is 1. The molecule has 0 spiro atoms. The number of nitrogens with zero attached hydrogens (tertiary/aromatic N) is 1. The van der Waals surface area contributed by atoms with Crippen LogP contribution < -0.4 is 10.6 Å². The van der Waals surface area contributed by atoms with Crippen LogP contribution in [0, 0.1) is 5.92 Å². The van der Waals surface area contributed by atoms with Gasteiger partial charge in [-0.2, -0.15) is 4.31 Å². The van der Waals surface area contributed by atoms with Crippen LogP contribution in [0.1, 0.15) is 37.0 Å². The fourth-order valence-electron chi connectivity index (χ4n) is 3.14. The van der Waals surface area contributed by atoms with Crippen LogP contribution in [-0.4, -0.2) is 50.2 Å². The molecule has 2 aromatic rings. The Morgan fingerprint density at radius 1 is 0.970 bits per heavy atom. The van der Waals surface area contributed by atoms with Crippen LogP contribution in [-0.2, 0) is 24.3 Å². The maximum atomic E-state index is 12.6. The third-order valence-electron chi connectivity index (χ3n) is 5.13. The van der Waals surface area contributed by atoms with Gasteiger partial charge in [-0.05, 0) is 55.3 Å². The van der Waals surface area contributed by atoms with Crippen molar-refractivity contribution in [3.8, 4) is 0 Å². The van der Waals surface area contributed by atoms with Gasteiger partial charge in [-0.25, -0.2) is 13.2 Å². The summed E-state index contributed by atoms with van der Waals surface area (Å²) in [4.78, 5) is 36.3. The van der Waals surface area contributed by atoms with E-state index in [1.54, 1.807) is 32.0 Å². The summed E-state index contributed by atoms with van der Waals surface area (Å²) in [7, 11) is -3.66. The Balaban J connectivity index is 1.54. The highest BCUT2D eigenvalue weighted by atomic mass is 32.2. The lowest BCUT2D eigenvalue weighted by atomic mass is 10.2. The van der Waals surface area contributed by atoms with Crippen molar-refractivity contribution in [2.75, 3.05) is 30.3 Å². The molecule has 2 N–H and O–H groups in total. The Hall–Kier alpha value is -3.24. The predicted octanol–water partition coefficient (Wildman–Crippen LogP) is 2.86. The van der Waals surface area contributed by atoms with Crippen LogP contribution in [0.4, 0.5) is 11.4 Å². The van der Waals surface area contributed by atoms with Crippen molar-refractivity contribution >= 4 is 39.2 Å². The van der Waals surface area contributed by atoms with Gasteiger partial charge in [-0.1, -0.05) is 19.9 Å². The first-order valence-corrected chi connectivity index (χ1v) is 12.2. The lowest BCUT2D eigenvalue weighted by molar-refractivity contribution is -0.119. The van der Waals surface area contributed by atoms with Gasteiger partial charge in [-0.3, -0.25) is 9.59 Å². The molecule has 2 aromatic carbocycles. The van der Waals surface area contributed by atoms with Gasteiger partial charge in [0.15, 0.2) is 6.61 Å². The topological polar surface area (TPSA) is 122 Å². The van der Waals surface area contributed by atoms with Gasteiger partial charge in [-0.15, -0.1) is 0 Å². The Labute approximate surface area is 193 Å². The second-order valence-electron chi connectivity index (χ2n) is 7.58. The molecule has 2 amide bonds. The fourth-order valence-corrected chi connectivity index (χ4v) is 4.64. The monoisotopic (exact) mass is 473 g/mol. The summed E-state index contributed by atoms with van der Waals surface area (Å²) in [5, 5.41) is 5.31. The number of nitrogens with one attached hydrogen (secondary N) is 2. The summed E-state index contributed by atoms with van der Waals surface area (Å²) in [6.07, 6.45) is 1.79. The molecule has 33 heavy (non-hydrogen) atoms. The number of hydrogen-bond acceptors (Lipinski definition) is 6. The Morgan fingerprint density at radius 2 is 1.64 bits per heavy atom. The standard InChI is InChI=1S/C23H27N3O6S/c1-3-26(4-2)33(30,31)20-7-5-6-19(14-20)24-21(27)15-32-23(29)17-10-12-18(13-11-17)25-22(28)16-8-9-16/h5-7,10-14,16H,3-4,8-9,15H2,1-2H3,(H,24,27)(H,25,28). The highest BCUT2D eigenvalue weighted by molar-refractivity contribution is 7.89. The second kappa shape index (κ2) is 10.6. The van der Waals surface area contributed by atoms with Crippen molar-refractivity contribution in [3.63, 3.8) is 0 Å². The zero-order valence-corrected chi connectivity index (χ0v) is 19.4. The Morgan fingerprint density at radius 3 is 2.24 bits per heavy atom. The highest BCUT2D eigenvalue weighted by Gasteiger charge is 2.29. The van der Waals surface area contributed by atoms with Crippen LogP contribution in [0.15, 0.2) is 53.4 Å². The third kappa shape index (κ3) is 6.39. The minimum Gasteiger partial charge on any atom is -0.452 e. The molecule has 1 aliphatic carbocycles. The van der Waals surface area contributed by atoms with Crippen molar-refractivity contribution < 1.29 is 27.5 Å². The van der Waals surface area contributed by atoms with E-state index in [2.05, 4.69) is 10.6 Å². The normalized spacial score (nSPS) is 13.4. The molecule has 0 aliphatic heterocycles. The molecule has 0 unspecified atom stereocenters. The second-order valence-corrected chi connectivity index (χ2v) is 9.52. The number of carbonyl (C=O) groups is 3. The number of amides is 2. The van der Waals surface area contributed by atoms with Gasteiger partial charge in [0, 0.05) is 30.4 Å². The summed E-state index contributed by atoms with van der Waals surface area (Å²) in [5.74, 6) is -1.25. The number of ether oxygens (including phenoxy) is 1. The lowest BCUT2D eigenvalue weighted by Crippen LogP contribution is -2.30. The van der Waals surface area contributed by atoms with E-state index in [4.69, 9.17) is 4.74 Å². The van der Waals surface area contributed by atoms with Crippen molar-refractivity contribution in [1.82, 2.24) is 4.31 Å². The first kappa shape index (κ1) is 24.4. The summed E-state index contributed by atoms with van der Waals surface area (Å²) in [5.41, 5.74) is 1.10. The van der Waals surface area contributed by atoms with E-state index in [-0.39, 0.29) is 28.0 Å². The largest absolute Gasteiger partial charge is 0.452 e. The molecule has 1 aliphatic rings. The molecule has 0 bridgehead atoms. The summed E-state index contributed by atoms with van der Waals surface area (Å²) in [6.45, 7) is 3.63. The molecule has 9 nitrogen and oxygen atoms in total. The first-order chi connectivity index (χ1) is 15.7. The van der Waals surface area contributed by atoms with E-state index < -0.39 is 28.5 Å². The summed E-state index contributed by atoms with van der Waals surface area (Å²) in [6, 6.07) is 12.1. The molecular weight excluding hydrogens is 446 g/mol. The minimum absolute atomic E-state index is 0.0315. The summed E-state index contributed by atoms with van der Waals surface area (Å²) < 4.78 is 31.6. The fraction of sp³-hybridized carbons (Fsp3) is 0.348. The van der Waals surface area contributed by atoms with Crippen molar-refractivity contribution in [2.24, 2.45) is 5.92 Å². The van der Waals surface area contributed by atoms with Crippen molar-refractivity contribution in [2.45, 2.75) is 31.6 Å². The van der Waals surface area contributed by atoms with Gasteiger partial charge < -0.3 is 15.4 Å².